The van der Waals surface area contributed by atoms with E-state index in [-0.39, 0.29) is 34.8 Å². The van der Waals surface area contributed by atoms with Gasteiger partial charge < -0.3 is 19.9 Å². The topological polar surface area (TPSA) is 110 Å². The molecule has 2 amide bonds. The lowest BCUT2D eigenvalue weighted by atomic mass is 9.80. The number of benzene rings is 1. The maximum atomic E-state index is 14.2. The zero-order valence-electron chi connectivity index (χ0n) is 22.1. The van der Waals surface area contributed by atoms with E-state index in [1.165, 1.54) is 12.1 Å². The first kappa shape index (κ1) is 26.9. The third-order valence-electron chi connectivity index (χ3n) is 7.13. The molecule has 3 aromatic rings. The van der Waals surface area contributed by atoms with Crippen LogP contribution in [0.1, 0.15) is 43.4 Å². The van der Waals surface area contributed by atoms with Gasteiger partial charge in [0.05, 0.1) is 42.0 Å². The molecule has 0 radical (unpaired) electrons. The molecule has 2 saturated heterocycles. The number of hydrogen-bond donors (Lipinski definition) is 2. The van der Waals surface area contributed by atoms with Crippen molar-refractivity contribution in [3.63, 3.8) is 0 Å². The fourth-order valence-corrected chi connectivity index (χ4v) is 5.24. The lowest BCUT2D eigenvalue weighted by Gasteiger charge is -2.54. The SMILES string of the molecule is CC1(CN2CC(CC(=O)NC(C)(C)c3ccccn3)(NC(=O)c3cc(-c4ccc(F)cc4F)on3)C2)COC1. The molecule has 9 nitrogen and oxygen atoms in total. The van der Waals surface area contributed by atoms with Crippen molar-refractivity contribution in [2.24, 2.45) is 5.41 Å². The summed E-state index contributed by atoms with van der Waals surface area (Å²) in [6, 6.07) is 9.85. The summed E-state index contributed by atoms with van der Waals surface area (Å²) in [6.45, 7) is 8.92. The summed E-state index contributed by atoms with van der Waals surface area (Å²) in [4.78, 5) is 33.0. The molecule has 0 spiro atoms. The van der Waals surface area contributed by atoms with E-state index in [1.807, 2.05) is 32.0 Å². The predicted molar refractivity (Wildman–Crippen MR) is 137 cm³/mol. The highest BCUT2D eigenvalue weighted by atomic mass is 19.1. The highest BCUT2D eigenvalue weighted by Gasteiger charge is 2.49. The molecule has 11 heteroatoms. The summed E-state index contributed by atoms with van der Waals surface area (Å²) in [7, 11) is 0. The van der Waals surface area contributed by atoms with Gasteiger partial charge >= 0.3 is 0 Å². The summed E-state index contributed by atoms with van der Waals surface area (Å²) >= 11 is 0. The minimum absolute atomic E-state index is 0.00491. The van der Waals surface area contributed by atoms with E-state index in [4.69, 9.17) is 9.26 Å². The van der Waals surface area contributed by atoms with Gasteiger partial charge in [-0.1, -0.05) is 18.1 Å². The summed E-state index contributed by atoms with van der Waals surface area (Å²) < 4.78 is 38.0. The molecule has 0 unspecified atom stereocenters. The van der Waals surface area contributed by atoms with Gasteiger partial charge in [0, 0.05) is 43.4 Å². The fourth-order valence-electron chi connectivity index (χ4n) is 5.24. The first-order valence-electron chi connectivity index (χ1n) is 12.7. The van der Waals surface area contributed by atoms with E-state index in [0.717, 1.165) is 18.7 Å². The molecule has 0 aliphatic carbocycles. The molecular weight excluding hydrogens is 508 g/mol. The normalized spacial score (nSPS) is 18.1. The zero-order chi connectivity index (χ0) is 27.8. The highest BCUT2D eigenvalue weighted by molar-refractivity contribution is 5.94. The van der Waals surface area contributed by atoms with E-state index >= 15 is 0 Å². The molecule has 2 N–H and O–H groups in total. The molecule has 39 heavy (non-hydrogen) atoms. The van der Waals surface area contributed by atoms with Crippen LogP contribution in [0.25, 0.3) is 11.3 Å². The second-order valence-corrected chi connectivity index (χ2v) is 11.4. The van der Waals surface area contributed by atoms with Gasteiger partial charge in [-0.2, -0.15) is 0 Å². The van der Waals surface area contributed by atoms with Gasteiger partial charge in [-0.15, -0.1) is 0 Å². The number of rotatable bonds is 9. The lowest BCUT2D eigenvalue weighted by molar-refractivity contribution is -0.136. The van der Waals surface area contributed by atoms with Gasteiger partial charge in [-0.3, -0.25) is 19.5 Å². The number of aromatic nitrogens is 2. The first-order chi connectivity index (χ1) is 18.5. The third-order valence-corrected chi connectivity index (χ3v) is 7.13. The number of ether oxygens (including phenoxy) is 1. The zero-order valence-corrected chi connectivity index (χ0v) is 22.1. The number of nitrogens with one attached hydrogen (secondary N) is 2. The van der Waals surface area contributed by atoms with Gasteiger partial charge in [-0.25, -0.2) is 8.78 Å². The monoisotopic (exact) mass is 539 g/mol. The Labute approximate surface area is 224 Å². The second-order valence-electron chi connectivity index (χ2n) is 11.4. The number of carbonyl (C=O) groups is 2. The largest absolute Gasteiger partial charge is 0.380 e. The molecular formula is C28H31F2N5O4. The molecule has 0 saturated carbocycles. The average Bonchev–Trinajstić information content (AvgIpc) is 3.32. The average molecular weight is 540 g/mol. The van der Waals surface area contributed by atoms with Crippen molar-refractivity contribution in [3.05, 3.63) is 71.7 Å². The van der Waals surface area contributed by atoms with E-state index in [9.17, 15) is 18.4 Å². The highest BCUT2D eigenvalue weighted by Crippen LogP contribution is 2.34. The first-order valence-corrected chi connectivity index (χ1v) is 12.7. The van der Waals surface area contributed by atoms with Crippen molar-refractivity contribution in [1.82, 2.24) is 25.7 Å². The number of likely N-dealkylation sites (tertiary alicyclic amines) is 1. The molecule has 5 rings (SSSR count). The third kappa shape index (κ3) is 5.84. The van der Waals surface area contributed by atoms with E-state index in [2.05, 4.69) is 32.6 Å². The Balaban J connectivity index is 1.30. The Morgan fingerprint density at radius 3 is 2.54 bits per heavy atom. The number of pyridine rings is 1. The van der Waals surface area contributed by atoms with Crippen molar-refractivity contribution in [2.75, 3.05) is 32.8 Å². The maximum absolute atomic E-state index is 14.2. The molecule has 2 aromatic heterocycles. The standard InChI is InChI=1S/C28H31F2N5O4/c1-26(2,23-6-4-5-9-31-23)32-24(36)12-28(14-35(15-28)13-27(3)16-38-17-27)33-25(37)21-11-22(39-34-21)19-8-7-18(29)10-20(19)30/h4-11H,12-17H2,1-3H3,(H,32,36)(H,33,37). The van der Waals surface area contributed by atoms with Crippen LogP contribution < -0.4 is 10.6 Å². The second kappa shape index (κ2) is 10.1. The Hall–Kier alpha value is -3.70. The van der Waals surface area contributed by atoms with Gasteiger partial charge in [0.15, 0.2) is 11.5 Å². The van der Waals surface area contributed by atoms with Crippen LogP contribution in [0.3, 0.4) is 0 Å². The number of carbonyl (C=O) groups excluding carboxylic acids is 2. The Morgan fingerprint density at radius 2 is 1.90 bits per heavy atom. The molecule has 4 heterocycles. The van der Waals surface area contributed by atoms with Crippen molar-refractivity contribution < 1.29 is 27.6 Å². The fraction of sp³-hybridized carbons (Fsp3) is 0.429. The minimum atomic E-state index is -0.845. The van der Waals surface area contributed by atoms with Gasteiger partial charge in [-0.05, 0) is 38.1 Å². The van der Waals surface area contributed by atoms with Gasteiger partial charge in [0.25, 0.3) is 5.91 Å². The van der Waals surface area contributed by atoms with Crippen molar-refractivity contribution >= 4 is 11.8 Å². The molecule has 0 atom stereocenters. The van der Waals surface area contributed by atoms with Crippen molar-refractivity contribution in [1.29, 1.82) is 0 Å². The predicted octanol–water partition coefficient (Wildman–Crippen LogP) is 3.28. The van der Waals surface area contributed by atoms with E-state index in [0.29, 0.717) is 32.0 Å². The van der Waals surface area contributed by atoms with Crippen molar-refractivity contribution in [3.8, 4) is 11.3 Å². The van der Waals surface area contributed by atoms with Crippen molar-refractivity contribution in [2.45, 2.75) is 38.3 Å². The molecule has 0 bridgehead atoms. The van der Waals surface area contributed by atoms with Gasteiger partial charge in [0.1, 0.15) is 11.6 Å². The van der Waals surface area contributed by atoms with Crippen LogP contribution in [0, 0.1) is 17.0 Å². The molecule has 206 valence electrons. The van der Waals surface area contributed by atoms with Crippen LogP contribution in [0.15, 0.2) is 53.2 Å². The Morgan fingerprint density at radius 1 is 1.13 bits per heavy atom. The molecule has 2 aliphatic heterocycles. The smallest absolute Gasteiger partial charge is 0.274 e. The quantitative estimate of drug-likeness (QED) is 0.430. The van der Waals surface area contributed by atoms with Crippen LogP contribution in [0.4, 0.5) is 8.78 Å². The summed E-state index contributed by atoms with van der Waals surface area (Å²) in [6.07, 6.45) is 1.71. The van der Waals surface area contributed by atoms with E-state index < -0.39 is 28.6 Å². The Kier molecular flexibility index (Phi) is 6.98. The minimum Gasteiger partial charge on any atom is -0.380 e. The Bertz CT molecular complexity index is 1370. The molecule has 2 aliphatic rings. The van der Waals surface area contributed by atoms with E-state index in [1.54, 1.807) is 6.20 Å². The van der Waals surface area contributed by atoms with Crippen LogP contribution in [0.5, 0.6) is 0 Å². The van der Waals surface area contributed by atoms with Crippen LogP contribution in [-0.4, -0.2) is 65.2 Å². The van der Waals surface area contributed by atoms with Crippen LogP contribution >= 0.6 is 0 Å². The summed E-state index contributed by atoms with van der Waals surface area (Å²) in [5.74, 6) is -2.35. The summed E-state index contributed by atoms with van der Waals surface area (Å²) in [5.41, 5.74) is -0.890. The maximum Gasteiger partial charge on any atom is 0.274 e. The number of hydrogen-bond acceptors (Lipinski definition) is 7. The number of amides is 2. The van der Waals surface area contributed by atoms with Gasteiger partial charge in [0.2, 0.25) is 5.91 Å². The molecule has 2 fully saturated rings. The van der Waals surface area contributed by atoms with Crippen LogP contribution in [-0.2, 0) is 15.1 Å². The van der Waals surface area contributed by atoms with Crippen LogP contribution in [0.2, 0.25) is 0 Å². The summed E-state index contributed by atoms with van der Waals surface area (Å²) in [5, 5.41) is 9.80. The lowest BCUT2D eigenvalue weighted by Crippen LogP contribution is -2.73. The molecule has 1 aromatic carbocycles. The number of halogens is 2. The number of nitrogens with zero attached hydrogens (tertiary/aromatic N) is 3.